The van der Waals surface area contributed by atoms with Crippen LogP contribution in [0.3, 0.4) is 0 Å². The van der Waals surface area contributed by atoms with Crippen molar-refractivity contribution in [2.45, 2.75) is 39.2 Å². The summed E-state index contributed by atoms with van der Waals surface area (Å²) >= 11 is 0. The van der Waals surface area contributed by atoms with Gasteiger partial charge in [-0.2, -0.15) is 0 Å². The number of rotatable bonds is 5. The van der Waals surface area contributed by atoms with E-state index in [1.54, 1.807) is 6.92 Å². The molecule has 0 bridgehead atoms. The second-order valence-corrected chi connectivity index (χ2v) is 6.78. The highest BCUT2D eigenvalue weighted by Gasteiger charge is 2.24. The molecule has 2 amide bonds. The first-order chi connectivity index (χ1) is 11.7. The Kier molecular flexibility index (Phi) is 5.80. The van der Waals surface area contributed by atoms with Crippen LogP contribution in [0.5, 0.6) is 0 Å². The minimum atomic E-state index is -1.29. The van der Waals surface area contributed by atoms with Gasteiger partial charge in [-0.05, 0) is 48.6 Å². The highest BCUT2D eigenvalue weighted by atomic mass is 19.1. The van der Waals surface area contributed by atoms with E-state index in [2.05, 4.69) is 24.5 Å². The SMILES string of the molecule is Cc1cccc(C(C)C)c1NC(=O)NCC(C)(O)c1ccc(F)cc1. The average Bonchev–Trinajstić information content (AvgIpc) is 2.55. The Hall–Kier alpha value is -2.40. The lowest BCUT2D eigenvalue weighted by Gasteiger charge is -2.25. The number of carbonyl (C=O) groups is 1. The quantitative estimate of drug-likeness (QED) is 0.758. The third-order valence-corrected chi connectivity index (χ3v) is 4.22. The molecule has 0 fully saturated rings. The molecule has 2 aromatic carbocycles. The van der Waals surface area contributed by atoms with E-state index in [-0.39, 0.29) is 18.3 Å². The molecule has 25 heavy (non-hydrogen) atoms. The smallest absolute Gasteiger partial charge is 0.319 e. The number of urea groups is 1. The molecule has 0 saturated carbocycles. The average molecular weight is 344 g/mol. The third kappa shape index (κ3) is 4.79. The number of carbonyl (C=O) groups excluding carboxylic acids is 1. The summed E-state index contributed by atoms with van der Waals surface area (Å²) in [5.74, 6) is -0.0939. The van der Waals surface area contributed by atoms with Crippen molar-refractivity contribution in [2.24, 2.45) is 0 Å². The predicted octanol–water partition coefficient (Wildman–Crippen LogP) is 4.29. The first-order valence-electron chi connectivity index (χ1n) is 8.33. The van der Waals surface area contributed by atoms with Crippen molar-refractivity contribution in [3.8, 4) is 0 Å². The van der Waals surface area contributed by atoms with Crippen LogP contribution in [0.15, 0.2) is 42.5 Å². The van der Waals surface area contributed by atoms with Gasteiger partial charge in [-0.1, -0.05) is 44.2 Å². The zero-order valence-corrected chi connectivity index (χ0v) is 15.1. The van der Waals surface area contributed by atoms with Crippen LogP contribution < -0.4 is 10.6 Å². The normalized spacial score (nSPS) is 13.4. The van der Waals surface area contributed by atoms with Crippen molar-refractivity contribution in [2.75, 3.05) is 11.9 Å². The molecule has 1 atom stereocenters. The molecule has 3 N–H and O–H groups in total. The van der Waals surface area contributed by atoms with Crippen molar-refractivity contribution >= 4 is 11.7 Å². The van der Waals surface area contributed by atoms with Crippen LogP contribution in [-0.2, 0) is 5.60 Å². The van der Waals surface area contributed by atoms with Gasteiger partial charge in [-0.3, -0.25) is 0 Å². The van der Waals surface area contributed by atoms with E-state index < -0.39 is 11.6 Å². The molecule has 0 saturated heterocycles. The summed E-state index contributed by atoms with van der Waals surface area (Å²) < 4.78 is 13.0. The van der Waals surface area contributed by atoms with Crippen molar-refractivity contribution in [3.05, 3.63) is 65.0 Å². The Balaban J connectivity index is 2.05. The number of amides is 2. The highest BCUT2D eigenvalue weighted by molar-refractivity contribution is 5.91. The fraction of sp³-hybridized carbons (Fsp3) is 0.350. The van der Waals surface area contributed by atoms with Crippen LogP contribution in [0.1, 0.15) is 43.4 Å². The number of nitrogens with one attached hydrogen (secondary N) is 2. The summed E-state index contributed by atoms with van der Waals surface area (Å²) in [6, 6.07) is 11.1. The minimum Gasteiger partial charge on any atom is -0.384 e. The number of hydrogen-bond donors (Lipinski definition) is 3. The van der Waals surface area contributed by atoms with Gasteiger partial charge in [0.1, 0.15) is 11.4 Å². The van der Waals surface area contributed by atoms with Gasteiger partial charge in [0.2, 0.25) is 0 Å². The lowest BCUT2D eigenvalue weighted by Crippen LogP contribution is -2.40. The van der Waals surface area contributed by atoms with Crippen LogP contribution in [0.25, 0.3) is 0 Å². The molecule has 0 aromatic heterocycles. The second-order valence-electron chi connectivity index (χ2n) is 6.78. The van der Waals surface area contributed by atoms with Crippen molar-refractivity contribution in [1.29, 1.82) is 0 Å². The van der Waals surface area contributed by atoms with Crippen LogP contribution >= 0.6 is 0 Å². The van der Waals surface area contributed by atoms with Gasteiger partial charge < -0.3 is 15.7 Å². The standard InChI is InChI=1S/C20H25FN2O2/c1-13(2)17-7-5-6-14(3)18(17)23-19(24)22-12-20(4,25)15-8-10-16(21)11-9-15/h5-11,13,25H,12H2,1-4H3,(H2,22,23,24). The lowest BCUT2D eigenvalue weighted by molar-refractivity contribution is 0.0599. The van der Waals surface area contributed by atoms with Gasteiger partial charge in [0.25, 0.3) is 0 Å². The molecule has 5 heteroatoms. The van der Waals surface area contributed by atoms with E-state index in [0.717, 1.165) is 16.8 Å². The van der Waals surface area contributed by atoms with Gasteiger partial charge in [0.05, 0.1) is 6.54 Å². The van der Waals surface area contributed by atoms with Crippen LogP contribution in [0.4, 0.5) is 14.9 Å². The number of halogens is 1. The third-order valence-electron chi connectivity index (χ3n) is 4.22. The molecule has 0 heterocycles. The van der Waals surface area contributed by atoms with Gasteiger partial charge in [0, 0.05) is 5.69 Å². The van der Waals surface area contributed by atoms with Gasteiger partial charge in [0.15, 0.2) is 0 Å². The second kappa shape index (κ2) is 7.66. The van der Waals surface area contributed by atoms with Crippen LogP contribution in [-0.4, -0.2) is 17.7 Å². The first kappa shape index (κ1) is 18.9. The molecule has 0 aliphatic carbocycles. The van der Waals surface area contributed by atoms with E-state index in [1.165, 1.54) is 24.3 Å². The Morgan fingerprint density at radius 2 is 1.84 bits per heavy atom. The van der Waals surface area contributed by atoms with E-state index >= 15 is 0 Å². The predicted molar refractivity (Wildman–Crippen MR) is 98.3 cm³/mol. The van der Waals surface area contributed by atoms with Gasteiger partial charge in [-0.25, -0.2) is 9.18 Å². The Bertz CT molecular complexity index is 740. The van der Waals surface area contributed by atoms with E-state index in [9.17, 15) is 14.3 Å². The summed E-state index contributed by atoms with van der Waals surface area (Å²) in [4.78, 5) is 12.3. The van der Waals surface area contributed by atoms with Crippen molar-refractivity contribution in [3.63, 3.8) is 0 Å². The minimum absolute atomic E-state index is 0.00730. The molecule has 2 rings (SSSR count). The van der Waals surface area contributed by atoms with Crippen LogP contribution in [0, 0.1) is 12.7 Å². The zero-order chi connectivity index (χ0) is 18.6. The summed E-state index contributed by atoms with van der Waals surface area (Å²) in [5.41, 5.74) is 2.06. The number of aliphatic hydroxyl groups is 1. The summed E-state index contributed by atoms with van der Waals surface area (Å²) in [6.45, 7) is 7.66. The number of aryl methyl sites for hydroxylation is 1. The zero-order valence-electron chi connectivity index (χ0n) is 15.1. The Morgan fingerprint density at radius 3 is 2.44 bits per heavy atom. The molecule has 134 valence electrons. The monoisotopic (exact) mass is 344 g/mol. The molecule has 2 aromatic rings. The van der Waals surface area contributed by atoms with Crippen LogP contribution in [0.2, 0.25) is 0 Å². The molecule has 1 unspecified atom stereocenters. The molecule has 4 nitrogen and oxygen atoms in total. The van der Waals surface area contributed by atoms with Gasteiger partial charge >= 0.3 is 6.03 Å². The maximum Gasteiger partial charge on any atom is 0.319 e. The van der Waals surface area contributed by atoms with E-state index in [4.69, 9.17) is 0 Å². The summed E-state index contributed by atoms with van der Waals surface area (Å²) in [7, 11) is 0. The molecule has 0 radical (unpaired) electrons. The van der Waals surface area contributed by atoms with E-state index in [1.807, 2.05) is 25.1 Å². The maximum absolute atomic E-state index is 13.0. The first-order valence-corrected chi connectivity index (χ1v) is 8.33. The summed E-state index contributed by atoms with van der Waals surface area (Å²) in [5, 5.41) is 16.1. The molecule has 0 aliphatic rings. The fourth-order valence-electron chi connectivity index (χ4n) is 2.66. The highest BCUT2D eigenvalue weighted by Crippen LogP contribution is 2.27. The van der Waals surface area contributed by atoms with E-state index in [0.29, 0.717) is 5.56 Å². The number of anilines is 1. The fourth-order valence-corrected chi connectivity index (χ4v) is 2.66. The Morgan fingerprint density at radius 1 is 1.20 bits per heavy atom. The Labute approximate surface area is 148 Å². The van der Waals surface area contributed by atoms with Crippen molar-refractivity contribution in [1.82, 2.24) is 5.32 Å². The topological polar surface area (TPSA) is 61.4 Å². The van der Waals surface area contributed by atoms with Crippen molar-refractivity contribution < 1.29 is 14.3 Å². The maximum atomic E-state index is 13.0. The molecule has 0 aliphatic heterocycles. The molecular weight excluding hydrogens is 319 g/mol. The molecule has 0 spiro atoms. The summed E-state index contributed by atoms with van der Waals surface area (Å²) in [6.07, 6.45) is 0. The van der Waals surface area contributed by atoms with Gasteiger partial charge in [-0.15, -0.1) is 0 Å². The number of benzene rings is 2. The largest absolute Gasteiger partial charge is 0.384 e. The molecular formula is C20H25FN2O2. The number of para-hydroxylation sites is 1. The lowest BCUT2D eigenvalue weighted by atomic mass is 9.96. The number of hydrogen-bond acceptors (Lipinski definition) is 2.